The van der Waals surface area contributed by atoms with Gasteiger partial charge in [0.15, 0.2) is 0 Å². The summed E-state index contributed by atoms with van der Waals surface area (Å²) in [4.78, 5) is 3.86. The van der Waals surface area contributed by atoms with Gasteiger partial charge in [-0.1, -0.05) is 42.5 Å². The molecule has 3 aromatic rings. The normalized spacial score (nSPS) is 20.2. The summed E-state index contributed by atoms with van der Waals surface area (Å²) < 4.78 is 34.3. The van der Waals surface area contributed by atoms with Crippen molar-refractivity contribution in [1.29, 1.82) is 0 Å². The van der Waals surface area contributed by atoms with E-state index in [-0.39, 0.29) is 6.01 Å². The van der Waals surface area contributed by atoms with Crippen LogP contribution >= 0.6 is 0 Å². The number of aromatic nitrogens is 3. The minimum absolute atomic E-state index is 0.189. The average Bonchev–Trinajstić information content (AvgIpc) is 3.19. The van der Waals surface area contributed by atoms with Crippen LogP contribution in [0.1, 0.15) is 5.56 Å². The van der Waals surface area contributed by atoms with Gasteiger partial charge in [0.05, 0.1) is 19.4 Å². The first-order chi connectivity index (χ1) is 11.5. The molecule has 24 heavy (non-hydrogen) atoms. The standard InChI is InChI=1S/C16H15N3O4S/c1-24(20,21)23-15-17-11-19(18-15)9-16(10-22-16)14-8-4-6-12-5-2-3-7-13(12)14/h2-8,11H,9-10H2,1H3. The second-order valence-corrected chi connectivity index (χ2v) is 7.40. The lowest BCUT2D eigenvalue weighted by atomic mass is 9.94. The highest BCUT2D eigenvalue weighted by Crippen LogP contribution is 2.43. The zero-order chi connectivity index (χ0) is 16.8. The predicted octanol–water partition coefficient (Wildman–Crippen LogP) is 1.70. The Hall–Kier alpha value is -2.45. The Labute approximate surface area is 139 Å². The molecule has 0 aliphatic carbocycles. The number of epoxide rings is 1. The van der Waals surface area contributed by atoms with Gasteiger partial charge >= 0.3 is 16.1 Å². The smallest absolute Gasteiger partial charge is 0.351 e. The van der Waals surface area contributed by atoms with Crippen LogP contribution in [0.2, 0.25) is 0 Å². The molecule has 7 nitrogen and oxygen atoms in total. The molecule has 124 valence electrons. The minimum atomic E-state index is -3.64. The fourth-order valence-electron chi connectivity index (χ4n) is 2.83. The highest BCUT2D eigenvalue weighted by Gasteiger charge is 2.48. The van der Waals surface area contributed by atoms with Crippen LogP contribution in [0.25, 0.3) is 10.8 Å². The van der Waals surface area contributed by atoms with E-state index in [2.05, 4.69) is 32.5 Å². The maximum Gasteiger partial charge on any atom is 0.351 e. The number of hydrogen-bond donors (Lipinski definition) is 0. The number of rotatable bonds is 5. The highest BCUT2D eigenvalue weighted by atomic mass is 32.2. The van der Waals surface area contributed by atoms with Gasteiger partial charge in [0.1, 0.15) is 11.9 Å². The molecule has 0 saturated carbocycles. The lowest BCUT2D eigenvalue weighted by Crippen LogP contribution is -2.19. The van der Waals surface area contributed by atoms with E-state index < -0.39 is 15.7 Å². The summed E-state index contributed by atoms with van der Waals surface area (Å²) in [6.07, 6.45) is 2.39. The van der Waals surface area contributed by atoms with Crippen molar-refractivity contribution in [2.75, 3.05) is 12.9 Å². The lowest BCUT2D eigenvalue weighted by Gasteiger charge is -2.14. The van der Waals surface area contributed by atoms with E-state index >= 15 is 0 Å². The molecule has 1 saturated heterocycles. The summed E-state index contributed by atoms with van der Waals surface area (Å²) in [6.45, 7) is 1.00. The number of fused-ring (bicyclic) bond motifs is 1. The average molecular weight is 345 g/mol. The first kappa shape index (κ1) is 15.1. The van der Waals surface area contributed by atoms with E-state index in [1.807, 2.05) is 24.3 Å². The van der Waals surface area contributed by atoms with Crippen molar-refractivity contribution >= 4 is 20.9 Å². The van der Waals surface area contributed by atoms with Crippen molar-refractivity contribution in [3.63, 3.8) is 0 Å². The van der Waals surface area contributed by atoms with Crippen LogP contribution in [0.15, 0.2) is 48.8 Å². The van der Waals surface area contributed by atoms with Gasteiger partial charge in [-0.3, -0.25) is 0 Å². The zero-order valence-corrected chi connectivity index (χ0v) is 13.7. The topological polar surface area (TPSA) is 86.6 Å². The van der Waals surface area contributed by atoms with Crippen molar-refractivity contribution in [3.05, 3.63) is 54.4 Å². The van der Waals surface area contributed by atoms with Gasteiger partial charge in [0.25, 0.3) is 0 Å². The number of hydrogen-bond acceptors (Lipinski definition) is 6. The third kappa shape index (κ3) is 2.85. The molecule has 0 amide bonds. The second-order valence-electron chi connectivity index (χ2n) is 5.82. The summed E-state index contributed by atoms with van der Waals surface area (Å²) >= 11 is 0. The predicted molar refractivity (Wildman–Crippen MR) is 87.1 cm³/mol. The lowest BCUT2D eigenvalue weighted by molar-refractivity contribution is 0.269. The monoisotopic (exact) mass is 345 g/mol. The first-order valence-corrected chi connectivity index (χ1v) is 9.18. The number of benzene rings is 2. The second kappa shape index (κ2) is 5.29. The van der Waals surface area contributed by atoms with Crippen molar-refractivity contribution in [2.24, 2.45) is 0 Å². The maximum absolute atomic E-state index is 11.1. The quantitative estimate of drug-likeness (QED) is 0.517. The molecular weight excluding hydrogens is 330 g/mol. The maximum atomic E-state index is 11.1. The molecule has 1 aliphatic heterocycles. The Morgan fingerprint density at radius 2 is 2.00 bits per heavy atom. The van der Waals surface area contributed by atoms with Gasteiger partial charge < -0.3 is 8.92 Å². The van der Waals surface area contributed by atoms with Crippen LogP contribution in [-0.2, 0) is 27.0 Å². The van der Waals surface area contributed by atoms with Gasteiger partial charge in [-0.2, -0.15) is 13.4 Å². The molecular formula is C16H15N3O4S. The van der Waals surface area contributed by atoms with Crippen molar-refractivity contribution in [3.8, 4) is 6.01 Å². The third-order valence-corrected chi connectivity index (χ3v) is 4.38. The molecule has 1 aliphatic rings. The largest absolute Gasteiger partial charge is 0.362 e. The molecule has 4 rings (SSSR count). The molecule has 0 spiro atoms. The van der Waals surface area contributed by atoms with Gasteiger partial charge in [-0.15, -0.1) is 5.10 Å². The van der Waals surface area contributed by atoms with E-state index in [1.54, 1.807) is 0 Å². The van der Waals surface area contributed by atoms with E-state index in [4.69, 9.17) is 4.74 Å². The Kier molecular flexibility index (Phi) is 3.33. The van der Waals surface area contributed by atoms with E-state index in [9.17, 15) is 8.42 Å². The SMILES string of the molecule is CS(=O)(=O)Oc1ncn(CC2(c3cccc4ccccc34)CO2)n1. The van der Waals surface area contributed by atoms with E-state index in [1.165, 1.54) is 11.0 Å². The van der Waals surface area contributed by atoms with Crippen LogP contribution in [0.4, 0.5) is 0 Å². The summed E-state index contributed by atoms with van der Waals surface area (Å²) in [6, 6.07) is 14.0. The van der Waals surface area contributed by atoms with Crippen molar-refractivity contribution in [1.82, 2.24) is 14.8 Å². The molecule has 1 unspecified atom stereocenters. The zero-order valence-electron chi connectivity index (χ0n) is 12.9. The van der Waals surface area contributed by atoms with Crippen molar-refractivity contribution in [2.45, 2.75) is 12.1 Å². The number of nitrogens with zero attached hydrogens (tertiary/aromatic N) is 3. The van der Waals surface area contributed by atoms with E-state index in [0.29, 0.717) is 13.2 Å². The van der Waals surface area contributed by atoms with Gasteiger partial charge in [0.2, 0.25) is 0 Å². The fourth-order valence-corrected chi connectivity index (χ4v) is 3.18. The molecule has 0 N–H and O–H groups in total. The summed E-state index contributed by atoms with van der Waals surface area (Å²) in [5.41, 5.74) is 0.610. The molecule has 1 aromatic heterocycles. The van der Waals surface area contributed by atoms with Gasteiger partial charge in [0, 0.05) is 0 Å². The Morgan fingerprint density at radius 1 is 1.25 bits per heavy atom. The fraction of sp³-hybridized carbons (Fsp3) is 0.250. The molecule has 2 heterocycles. The molecule has 8 heteroatoms. The molecule has 0 radical (unpaired) electrons. The third-order valence-electron chi connectivity index (χ3n) is 3.93. The molecule has 1 atom stereocenters. The van der Waals surface area contributed by atoms with Crippen LogP contribution < -0.4 is 4.18 Å². The van der Waals surface area contributed by atoms with Crippen molar-refractivity contribution < 1.29 is 17.3 Å². The van der Waals surface area contributed by atoms with Gasteiger partial charge in [-0.25, -0.2) is 4.68 Å². The first-order valence-electron chi connectivity index (χ1n) is 7.36. The Balaban J connectivity index is 1.64. The molecule has 1 fully saturated rings. The summed E-state index contributed by atoms with van der Waals surface area (Å²) in [5.74, 6) is 0. The van der Waals surface area contributed by atoms with Crippen LogP contribution in [0, 0.1) is 0 Å². The minimum Gasteiger partial charge on any atom is -0.362 e. The van der Waals surface area contributed by atoms with Crippen LogP contribution in [0.3, 0.4) is 0 Å². The summed E-state index contributed by atoms with van der Waals surface area (Å²) in [5, 5.41) is 6.32. The van der Waals surface area contributed by atoms with Gasteiger partial charge in [-0.05, 0) is 16.3 Å². The molecule has 0 bridgehead atoms. The Morgan fingerprint density at radius 3 is 2.75 bits per heavy atom. The highest BCUT2D eigenvalue weighted by molar-refractivity contribution is 7.86. The van der Waals surface area contributed by atoms with E-state index in [0.717, 1.165) is 22.6 Å². The number of ether oxygens (including phenoxy) is 1. The van der Waals surface area contributed by atoms with Crippen LogP contribution in [0.5, 0.6) is 6.01 Å². The Bertz CT molecular complexity index is 1000. The molecule has 2 aromatic carbocycles. The van der Waals surface area contributed by atoms with Crippen LogP contribution in [-0.4, -0.2) is 36.0 Å². The summed E-state index contributed by atoms with van der Waals surface area (Å²) in [7, 11) is -3.64.